The van der Waals surface area contributed by atoms with Gasteiger partial charge in [0, 0.05) is 38.5 Å². The first-order chi connectivity index (χ1) is 11.7. The Balaban J connectivity index is 1.75. The predicted molar refractivity (Wildman–Crippen MR) is 105 cm³/mol. The van der Waals surface area contributed by atoms with Gasteiger partial charge in [-0.05, 0) is 58.6 Å². The van der Waals surface area contributed by atoms with Crippen molar-refractivity contribution in [1.82, 2.24) is 9.55 Å². The Labute approximate surface area is 153 Å². The second kappa shape index (κ2) is 6.42. The van der Waals surface area contributed by atoms with E-state index in [1.54, 1.807) is 11.3 Å². The molecular formula is C19H16BrN3S. The van der Waals surface area contributed by atoms with Crippen molar-refractivity contribution in [3.05, 3.63) is 75.3 Å². The third kappa shape index (κ3) is 2.97. The van der Waals surface area contributed by atoms with Gasteiger partial charge in [0.15, 0.2) is 0 Å². The molecule has 0 fully saturated rings. The average molecular weight is 398 g/mol. The summed E-state index contributed by atoms with van der Waals surface area (Å²) in [6.07, 6.45) is 2.13. The number of aryl methyl sites for hydroxylation is 1. The number of halogens is 1. The minimum Gasteiger partial charge on any atom is -0.354 e. The van der Waals surface area contributed by atoms with E-state index in [1.807, 2.05) is 13.0 Å². The maximum atomic E-state index is 4.62. The summed E-state index contributed by atoms with van der Waals surface area (Å²) >= 11 is 5.41. The highest BCUT2D eigenvalue weighted by molar-refractivity contribution is 9.10. The molecule has 0 radical (unpaired) electrons. The molecule has 5 heteroatoms. The van der Waals surface area contributed by atoms with Crippen molar-refractivity contribution in [2.45, 2.75) is 13.5 Å². The number of rotatable bonds is 4. The van der Waals surface area contributed by atoms with E-state index in [0.717, 1.165) is 33.8 Å². The summed E-state index contributed by atoms with van der Waals surface area (Å²) < 4.78 is 3.32. The largest absolute Gasteiger partial charge is 0.354 e. The second-order valence-corrected chi connectivity index (χ2v) is 7.35. The van der Waals surface area contributed by atoms with Crippen LogP contribution in [0.25, 0.3) is 10.9 Å². The molecule has 0 aliphatic rings. The molecule has 0 aliphatic carbocycles. The van der Waals surface area contributed by atoms with Crippen molar-refractivity contribution in [2.24, 2.45) is 0 Å². The molecule has 0 amide bonds. The van der Waals surface area contributed by atoms with E-state index in [2.05, 4.69) is 84.2 Å². The van der Waals surface area contributed by atoms with Gasteiger partial charge in [0.1, 0.15) is 0 Å². The first-order valence-electron chi connectivity index (χ1n) is 7.70. The predicted octanol–water partition coefficient (Wildman–Crippen LogP) is 5.96. The summed E-state index contributed by atoms with van der Waals surface area (Å²) in [5, 5.41) is 8.88. The zero-order valence-electron chi connectivity index (χ0n) is 13.2. The number of nitrogens with zero attached hydrogens (tertiary/aromatic N) is 2. The third-order valence-electron chi connectivity index (χ3n) is 3.94. The molecule has 3 aromatic heterocycles. The Morgan fingerprint density at radius 1 is 1.17 bits per heavy atom. The number of aromatic nitrogens is 2. The number of anilines is 2. The summed E-state index contributed by atoms with van der Waals surface area (Å²) in [7, 11) is 0. The normalized spacial score (nSPS) is 11.1. The van der Waals surface area contributed by atoms with Crippen LogP contribution in [0.1, 0.15) is 11.4 Å². The van der Waals surface area contributed by atoms with Crippen LogP contribution in [0.5, 0.6) is 0 Å². The molecule has 0 saturated heterocycles. The van der Waals surface area contributed by atoms with Gasteiger partial charge in [-0.25, -0.2) is 0 Å². The zero-order valence-corrected chi connectivity index (χ0v) is 15.6. The minimum atomic E-state index is 0.756. The first kappa shape index (κ1) is 15.4. The number of thiophene rings is 1. The van der Waals surface area contributed by atoms with Crippen molar-refractivity contribution >= 4 is 49.5 Å². The Bertz CT molecular complexity index is 989. The van der Waals surface area contributed by atoms with Crippen molar-refractivity contribution in [1.29, 1.82) is 0 Å². The maximum Gasteiger partial charge on any atom is 0.0649 e. The van der Waals surface area contributed by atoms with Gasteiger partial charge in [-0.3, -0.25) is 4.98 Å². The molecule has 0 bridgehead atoms. The Kier molecular flexibility index (Phi) is 4.12. The van der Waals surface area contributed by atoms with Crippen molar-refractivity contribution in [3.63, 3.8) is 0 Å². The molecule has 0 spiro atoms. The Hall–Kier alpha value is -2.11. The van der Waals surface area contributed by atoms with E-state index in [9.17, 15) is 0 Å². The molecule has 0 atom stereocenters. The quantitative estimate of drug-likeness (QED) is 0.460. The van der Waals surface area contributed by atoms with Gasteiger partial charge < -0.3 is 9.88 Å². The molecule has 0 aliphatic heterocycles. The minimum absolute atomic E-state index is 0.756. The van der Waals surface area contributed by atoms with Crippen LogP contribution in [0.15, 0.2) is 63.9 Å². The van der Waals surface area contributed by atoms with Crippen LogP contribution in [0.2, 0.25) is 0 Å². The van der Waals surface area contributed by atoms with E-state index < -0.39 is 0 Å². The van der Waals surface area contributed by atoms with Crippen molar-refractivity contribution in [3.8, 4) is 0 Å². The van der Waals surface area contributed by atoms with Gasteiger partial charge >= 0.3 is 0 Å². The van der Waals surface area contributed by atoms with Crippen LogP contribution in [0, 0.1) is 6.92 Å². The zero-order chi connectivity index (χ0) is 16.5. The summed E-state index contributed by atoms with van der Waals surface area (Å²) in [4.78, 5) is 4.62. The van der Waals surface area contributed by atoms with Crippen LogP contribution in [0.3, 0.4) is 0 Å². The highest BCUT2D eigenvalue weighted by atomic mass is 79.9. The molecule has 120 valence electrons. The maximum absolute atomic E-state index is 4.62. The van der Waals surface area contributed by atoms with Crippen LogP contribution in [-0.4, -0.2) is 9.55 Å². The Morgan fingerprint density at radius 3 is 2.83 bits per heavy atom. The number of pyridine rings is 1. The lowest BCUT2D eigenvalue weighted by atomic mass is 10.2. The van der Waals surface area contributed by atoms with Crippen LogP contribution >= 0.6 is 27.3 Å². The smallest absolute Gasteiger partial charge is 0.0649 e. The van der Waals surface area contributed by atoms with Crippen molar-refractivity contribution in [2.75, 3.05) is 5.32 Å². The number of hydrogen-bond acceptors (Lipinski definition) is 3. The van der Waals surface area contributed by atoms with Gasteiger partial charge in [-0.2, -0.15) is 11.3 Å². The van der Waals surface area contributed by atoms with Crippen LogP contribution < -0.4 is 5.32 Å². The van der Waals surface area contributed by atoms with Gasteiger partial charge in [0.2, 0.25) is 0 Å². The highest BCUT2D eigenvalue weighted by Crippen LogP contribution is 2.34. The number of nitrogens with one attached hydrogen (secondary N) is 1. The van der Waals surface area contributed by atoms with Crippen molar-refractivity contribution < 1.29 is 0 Å². The summed E-state index contributed by atoms with van der Waals surface area (Å²) in [5.41, 5.74) is 5.52. The van der Waals surface area contributed by atoms with Gasteiger partial charge in [-0.1, -0.05) is 12.1 Å². The lowest BCUT2D eigenvalue weighted by molar-refractivity contribution is 0.801. The highest BCUT2D eigenvalue weighted by Gasteiger charge is 2.12. The molecule has 3 heterocycles. The molecule has 1 N–H and O–H groups in total. The fourth-order valence-corrected chi connectivity index (χ4v) is 4.14. The Morgan fingerprint density at radius 2 is 2.04 bits per heavy atom. The molecule has 4 aromatic rings. The lowest BCUT2D eigenvalue weighted by Crippen LogP contribution is -2.01. The standard InChI is InChI=1S/C19H16BrN3S/c1-13-4-2-5-14(21-13)10-23-11-16(20)19-17(6-3-7-18(19)23)22-15-8-9-24-12-15/h2-9,11-12,22H,10H2,1H3. The topological polar surface area (TPSA) is 29.9 Å². The fourth-order valence-electron chi connectivity index (χ4n) is 2.89. The van der Waals surface area contributed by atoms with Gasteiger partial charge in [0.25, 0.3) is 0 Å². The molecular weight excluding hydrogens is 382 g/mol. The monoisotopic (exact) mass is 397 g/mol. The third-order valence-corrected chi connectivity index (χ3v) is 5.22. The first-order valence-corrected chi connectivity index (χ1v) is 9.43. The van der Waals surface area contributed by atoms with Gasteiger partial charge in [0.05, 0.1) is 17.8 Å². The number of fused-ring (bicyclic) bond motifs is 1. The molecule has 0 saturated carbocycles. The molecule has 3 nitrogen and oxygen atoms in total. The molecule has 1 aromatic carbocycles. The SMILES string of the molecule is Cc1cccc(Cn2cc(Br)c3c(Nc4ccsc4)cccc32)n1. The van der Waals surface area contributed by atoms with E-state index in [1.165, 1.54) is 10.9 Å². The molecule has 24 heavy (non-hydrogen) atoms. The average Bonchev–Trinajstić information content (AvgIpc) is 3.17. The summed E-state index contributed by atoms with van der Waals surface area (Å²) in [5.74, 6) is 0. The molecule has 0 unspecified atom stereocenters. The second-order valence-electron chi connectivity index (χ2n) is 5.71. The number of benzene rings is 1. The van der Waals surface area contributed by atoms with Gasteiger partial charge in [-0.15, -0.1) is 0 Å². The van der Waals surface area contributed by atoms with E-state index in [-0.39, 0.29) is 0 Å². The van der Waals surface area contributed by atoms with E-state index in [0.29, 0.717) is 0 Å². The van der Waals surface area contributed by atoms with Crippen LogP contribution in [0.4, 0.5) is 11.4 Å². The number of hydrogen-bond donors (Lipinski definition) is 1. The van der Waals surface area contributed by atoms with E-state index in [4.69, 9.17) is 0 Å². The fraction of sp³-hybridized carbons (Fsp3) is 0.105. The molecule has 4 rings (SSSR count). The summed E-state index contributed by atoms with van der Waals surface area (Å²) in [6.45, 7) is 2.78. The lowest BCUT2D eigenvalue weighted by Gasteiger charge is -2.09. The van der Waals surface area contributed by atoms with Crippen LogP contribution in [-0.2, 0) is 6.54 Å². The van der Waals surface area contributed by atoms with E-state index >= 15 is 0 Å². The summed E-state index contributed by atoms with van der Waals surface area (Å²) in [6, 6.07) is 14.6.